The molecule has 0 saturated heterocycles. The Morgan fingerprint density at radius 3 is 2.27 bits per heavy atom. The molecule has 0 fully saturated rings. The summed E-state index contributed by atoms with van der Waals surface area (Å²) in [4.78, 5) is 29.4. The number of primary amides is 1. The molecule has 2 atom stereocenters. The summed E-state index contributed by atoms with van der Waals surface area (Å²) in [6.45, 7) is 7.61. The average molecular weight is 736 g/mol. The fourth-order valence-corrected chi connectivity index (χ4v) is 7.96. The molecule has 4 aromatic rings. The topological polar surface area (TPSA) is 144 Å². The minimum atomic E-state index is -3.88. The number of aromatic nitrogens is 2. The number of anilines is 1. The third-order valence-electron chi connectivity index (χ3n) is 6.66. The van der Waals surface area contributed by atoms with Crippen molar-refractivity contribution in [2.45, 2.75) is 62.8 Å². The van der Waals surface area contributed by atoms with E-state index < -0.39 is 25.8 Å². The van der Waals surface area contributed by atoms with E-state index in [1.165, 1.54) is 18.7 Å². The summed E-state index contributed by atoms with van der Waals surface area (Å²) >= 11 is 14.0. The summed E-state index contributed by atoms with van der Waals surface area (Å²) in [7, 11) is -3.88. The fraction of sp³-hybridized carbons (Fsp3) is 0.303. The number of benzene rings is 3. The third-order valence-corrected chi connectivity index (χ3v) is 9.87. The minimum Gasteiger partial charge on any atom is -0.464 e. The predicted molar refractivity (Wildman–Crippen MR) is 187 cm³/mol. The van der Waals surface area contributed by atoms with Gasteiger partial charge in [0, 0.05) is 27.2 Å². The quantitative estimate of drug-likeness (QED) is 0.0847. The van der Waals surface area contributed by atoms with E-state index in [0.29, 0.717) is 33.9 Å². The van der Waals surface area contributed by atoms with Gasteiger partial charge in [0.25, 0.3) is 0 Å². The summed E-state index contributed by atoms with van der Waals surface area (Å²) in [6.07, 6.45) is -2.24. The van der Waals surface area contributed by atoms with E-state index >= 15 is 0 Å². The van der Waals surface area contributed by atoms with Gasteiger partial charge in [0.1, 0.15) is 22.9 Å². The summed E-state index contributed by atoms with van der Waals surface area (Å²) in [5, 5.41) is 4.94. The van der Waals surface area contributed by atoms with Crippen molar-refractivity contribution in [1.82, 2.24) is 9.55 Å². The van der Waals surface area contributed by atoms with Crippen LogP contribution >= 0.6 is 42.6 Å². The van der Waals surface area contributed by atoms with Crippen LogP contribution in [0.1, 0.15) is 50.7 Å². The Balaban J connectivity index is 1.57. The van der Waals surface area contributed by atoms with Crippen LogP contribution in [0.5, 0.6) is 5.75 Å². The van der Waals surface area contributed by atoms with E-state index in [0.717, 1.165) is 21.2 Å². The predicted octanol–water partition coefficient (Wildman–Crippen LogP) is 8.72. The van der Waals surface area contributed by atoms with Crippen LogP contribution in [0.4, 0.5) is 10.5 Å². The van der Waals surface area contributed by atoms with E-state index in [1.54, 1.807) is 43.3 Å². The molecule has 15 heteroatoms. The van der Waals surface area contributed by atoms with Crippen LogP contribution < -0.4 is 15.6 Å². The second kappa shape index (κ2) is 17.1. The van der Waals surface area contributed by atoms with Crippen molar-refractivity contribution in [3.63, 3.8) is 0 Å². The van der Waals surface area contributed by atoms with Crippen LogP contribution in [0, 0.1) is 0 Å². The maximum Gasteiger partial charge on any atom is 0.404 e. The van der Waals surface area contributed by atoms with E-state index in [2.05, 4.69) is 5.32 Å². The van der Waals surface area contributed by atoms with Crippen LogP contribution in [-0.4, -0.2) is 40.6 Å². The zero-order valence-corrected chi connectivity index (χ0v) is 30.1. The monoisotopic (exact) mass is 734 g/mol. The number of hydrogen-bond acceptors (Lipinski definition) is 10. The number of carbonyl (C=O) groups is 2. The second-order valence-electron chi connectivity index (χ2n) is 10.8. The SMILES string of the molecule is CCOC(=O)[C@H](C)OP(=O)(CNc1ccc(Cn2c(COC(N)=O)nc(C(C)C)c2Sc2cc(Cl)cc(Cl)c2)cc1)Oc1ccccc1. The molecule has 1 amide bonds. The van der Waals surface area contributed by atoms with Crippen molar-refractivity contribution in [3.05, 3.63) is 99.9 Å². The normalized spacial score (nSPS) is 13.1. The van der Waals surface area contributed by atoms with Crippen LogP contribution in [0.2, 0.25) is 10.0 Å². The van der Waals surface area contributed by atoms with Gasteiger partial charge < -0.3 is 29.6 Å². The van der Waals surface area contributed by atoms with Gasteiger partial charge in [-0.25, -0.2) is 19.1 Å². The number of esters is 1. The van der Waals surface area contributed by atoms with Crippen molar-refractivity contribution in [3.8, 4) is 5.75 Å². The van der Waals surface area contributed by atoms with Gasteiger partial charge in [0.15, 0.2) is 12.7 Å². The van der Waals surface area contributed by atoms with Crippen molar-refractivity contribution >= 4 is 60.3 Å². The number of imidazole rings is 1. The first kappa shape index (κ1) is 37.2. The summed E-state index contributed by atoms with van der Waals surface area (Å²) < 4.78 is 37.4. The summed E-state index contributed by atoms with van der Waals surface area (Å²) in [5.41, 5.74) is 7.62. The van der Waals surface area contributed by atoms with E-state index in [9.17, 15) is 14.2 Å². The molecule has 256 valence electrons. The molecule has 3 N–H and O–H groups in total. The molecule has 1 heterocycles. The summed E-state index contributed by atoms with van der Waals surface area (Å²) in [6, 6.07) is 21.3. The molecule has 0 aliphatic rings. The van der Waals surface area contributed by atoms with Crippen LogP contribution in [0.3, 0.4) is 0 Å². The molecule has 0 spiro atoms. The number of nitrogens with zero attached hydrogens (tertiary/aromatic N) is 2. The molecule has 1 unspecified atom stereocenters. The smallest absolute Gasteiger partial charge is 0.404 e. The Morgan fingerprint density at radius 1 is 1.00 bits per heavy atom. The lowest BCUT2D eigenvalue weighted by Gasteiger charge is -2.23. The minimum absolute atomic E-state index is 0.0462. The lowest BCUT2D eigenvalue weighted by atomic mass is 10.1. The highest BCUT2D eigenvalue weighted by atomic mass is 35.5. The van der Waals surface area contributed by atoms with Gasteiger partial charge >= 0.3 is 19.7 Å². The van der Waals surface area contributed by atoms with Gasteiger partial charge in [-0.1, -0.05) is 79.1 Å². The Bertz CT molecular complexity index is 1740. The maximum absolute atomic E-state index is 13.8. The van der Waals surface area contributed by atoms with Crippen molar-refractivity contribution in [1.29, 1.82) is 0 Å². The molecule has 0 radical (unpaired) electrons. The number of rotatable bonds is 16. The lowest BCUT2D eigenvalue weighted by molar-refractivity contribution is -0.150. The molecule has 4 rings (SSSR count). The summed E-state index contributed by atoms with van der Waals surface area (Å²) in [5.74, 6) is 0.252. The van der Waals surface area contributed by atoms with Crippen LogP contribution in [-0.2, 0) is 36.5 Å². The van der Waals surface area contributed by atoms with E-state index in [4.69, 9.17) is 52.4 Å². The highest BCUT2D eigenvalue weighted by Crippen LogP contribution is 2.49. The molecule has 0 aliphatic carbocycles. The lowest BCUT2D eigenvalue weighted by Crippen LogP contribution is -2.24. The van der Waals surface area contributed by atoms with Gasteiger partial charge in [-0.3, -0.25) is 4.52 Å². The van der Waals surface area contributed by atoms with Gasteiger partial charge in [-0.15, -0.1) is 0 Å². The first-order valence-electron chi connectivity index (χ1n) is 15.0. The number of carbonyl (C=O) groups excluding carboxylic acids is 2. The van der Waals surface area contributed by atoms with Gasteiger partial charge in [-0.05, 0) is 67.8 Å². The van der Waals surface area contributed by atoms with E-state index in [1.807, 2.05) is 54.8 Å². The first-order valence-corrected chi connectivity index (χ1v) is 18.3. The largest absolute Gasteiger partial charge is 0.464 e. The number of hydrogen-bond donors (Lipinski definition) is 2. The molecule has 3 aromatic carbocycles. The molecule has 0 aliphatic heterocycles. The van der Waals surface area contributed by atoms with Crippen LogP contribution in [0.15, 0.2) is 82.7 Å². The molecule has 0 bridgehead atoms. The number of ether oxygens (including phenoxy) is 2. The number of amides is 1. The molecular formula is C33H37Cl2N4O7PS. The number of halogens is 2. The standard InChI is InChI=1S/C33H37Cl2N4O7PS/c1-5-43-32(40)22(4)45-47(42,46-27-9-7-6-8-10-27)20-37-26-13-11-23(12-14-26)18-39-29(19-44-33(36)41)38-30(21(2)3)31(39)48-28-16-24(34)15-25(35)17-28/h6-17,21-22,37H,5,18-20H2,1-4H3,(H2,36,41)/t22-,47?/m0/s1. The molecular weight excluding hydrogens is 698 g/mol. The molecule has 0 saturated carbocycles. The highest BCUT2D eigenvalue weighted by Gasteiger charge is 2.32. The Labute approximate surface area is 293 Å². The van der Waals surface area contributed by atoms with Gasteiger partial charge in [-0.2, -0.15) is 0 Å². The van der Waals surface area contributed by atoms with Gasteiger partial charge in [0.05, 0.1) is 12.3 Å². The highest BCUT2D eigenvalue weighted by molar-refractivity contribution is 7.99. The molecule has 48 heavy (non-hydrogen) atoms. The van der Waals surface area contributed by atoms with Gasteiger partial charge in [0.2, 0.25) is 0 Å². The number of nitrogens with one attached hydrogen (secondary N) is 1. The Kier molecular flexibility index (Phi) is 13.3. The zero-order chi connectivity index (χ0) is 34.8. The Hall–Kier alpha value is -3.67. The van der Waals surface area contributed by atoms with Crippen molar-refractivity contribution < 1.29 is 32.7 Å². The van der Waals surface area contributed by atoms with Crippen LogP contribution in [0.25, 0.3) is 0 Å². The molecule has 1 aromatic heterocycles. The fourth-order valence-electron chi connectivity index (χ4n) is 4.47. The van der Waals surface area contributed by atoms with E-state index in [-0.39, 0.29) is 25.4 Å². The van der Waals surface area contributed by atoms with Crippen molar-refractivity contribution in [2.24, 2.45) is 5.73 Å². The zero-order valence-electron chi connectivity index (χ0n) is 26.9. The Morgan fingerprint density at radius 2 is 1.67 bits per heavy atom. The first-order chi connectivity index (χ1) is 22.9. The second-order valence-corrected chi connectivity index (χ2v) is 14.7. The van der Waals surface area contributed by atoms with Crippen molar-refractivity contribution in [2.75, 3.05) is 18.2 Å². The average Bonchev–Trinajstić information content (AvgIpc) is 3.36. The maximum atomic E-state index is 13.8. The number of para-hydroxylation sites is 1. The third kappa shape index (κ3) is 10.7. The number of nitrogens with two attached hydrogens (primary N) is 1. The molecule has 11 nitrogen and oxygen atoms in total.